The lowest BCUT2D eigenvalue weighted by Gasteiger charge is -2.19. The average molecular weight is 355 g/mol. The number of nitrogens with one attached hydrogen (secondary N) is 1. The zero-order chi connectivity index (χ0) is 19.2. The lowest BCUT2D eigenvalue weighted by atomic mass is 9.94. The van der Waals surface area contributed by atoms with Crippen LogP contribution >= 0.6 is 0 Å². The first-order chi connectivity index (χ1) is 12.3. The number of carbonyl (C=O) groups excluding carboxylic acids is 1. The molecule has 138 valence electrons. The zero-order valence-corrected chi connectivity index (χ0v) is 15.4. The molecule has 0 spiro atoms. The second-order valence-electron chi connectivity index (χ2n) is 7.01. The molecule has 5 nitrogen and oxygen atoms in total. The van der Waals surface area contributed by atoms with E-state index in [1.165, 1.54) is 5.56 Å². The Kier molecular flexibility index (Phi) is 6.39. The highest BCUT2D eigenvalue weighted by Gasteiger charge is 2.27. The van der Waals surface area contributed by atoms with E-state index in [4.69, 9.17) is 9.84 Å². The van der Waals surface area contributed by atoms with Crippen LogP contribution in [0, 0.1) is 12.3 Å². The number of carbonyl (C=O) groups is 2. The standard InChI is InChI=1S/C21H25NO4/c1-15-7-4-5-9-17(15)13-26-18-10-6-8-16(11-18)12-19(23)22-14-21(2,3)20(24)25/h4-11H,12-14H2,1-3H3,(H,22,23)(H,24,25). The van der Waals surface area contributed by atoms with Gasteiger partial charge in [0.05, 0.1) is 11.8 Å². The number of carboxylic acids is 1. The number of benzene rings is 2. The second-order valence-corrected chi connectivity index (χ2v) is 7.01. The second kappa shape index (κ2) is 8.52. The molecule has 0 saturated carbocycles. The van der Waals surface area contributed by atoms with Crippen molar-refractivity contribution in [3.05, 3.63) is 65.2 Å². The number of aliphatic carboxylic acids is 1. The fourth-order valence-electron chi connectivity index (χ4n) is 2.32. The summed E-state index contributed by atoms with van der Waals surface area (Å²) < 4.78 is 5.83. The molecule has 0 fully saturated rings. The van der Waals surface area contributed by atoms with Crippen molar-refractivity contribution in [2.75, 3.05) is 6.54 Å². The van der Waals surface area contributed by atoms with E-state index < -0.39 is 11.4 Å². The topological polar surface area (TPSA) is 75.6 Å². The molecule has 0 aliphatic rings. The van der Waals surface area contributed by atoms with Crippen LogP contribution in [0.5, 0.6) is 5.75 Å². The Morgan fingerprint density at radius 1 is 1.12 bits per heavy atom. The van der Waals surface area contributed by atoms with Crippen LogP contribution < -0.4 is 10.1 Å². The molecule has 0 aliphatic heterocycles. The number of hydrogen-bond acceptors (Lipinski definition) is 3. The highest BCUT2D eigenvalue weighted by molar-refractivity contribution is 5.80. The third kappa shape index (κ3) is 5.62. The normalized spacial score (nSPS) is 11.0. The third-order valence-electron chi connectivity index (χ3n) is 4.23. The lowest BCUT2D eigenvalue weighted by molar-refractivity contribution is -0.146. The summed E-state index contributed by atoms with van der Waals surface area (Å²) in [7, 11) is 0. The first-order valence-electron chi connectivity index (χ1n) is 8.54. The predicted octanol–water partition coefficient (Wildman–Crippen LogP) is 3.34. The Bertz CT molecular complexity index is 783. The molecular weight excluding hydrogens is 330 g/mol. The van der Waals surface area contributed by atoms with Gasteiger partial charge < -0.3 is 15.2 Å². The summed E-state index contributed by atoms with van der Waals surface area (Å²) in [5.74, 6) is -0.454. The molecule has 1 amide bonds. The summed E-state index contributed by atoms with van der Waals surface area (Å²) in [6.07, 6.45) is 0.178. The van der Waals surface area contributed by atoms with Gasteiger partial charge in [-0.15, -0.1) is 0 Å². The van der Waals surface area contributed by atoms with Crippen LogP contribution in [0.2, 0.25) is 0 Å². The summed E-state index contributed by atoms with van der Waals surface area (Å²) in [5.41, 5.74) is 2.11. The summed E-state index contributed by atoms with van der Waals surface area (Å²) >= 11 is 0. The number of rotatable bonds is 8. The van der Waals surface area contributed by atoms with E-state index in [0.717, 1.165) is 11.1 Å². The molecule has 0 aliphatic carbocycles. The highest BCUT2D eigenvalue weighted by Crippen LogP contribution is 2.17. The van der Waals surface area contributed by atoms with E-state index in [0.29, 0.717) is 12.4 Å². The first-order valence-corrected chi connectivity index (χ1v) is 8.54. The van der Waals surface area contributed by atoms with Crippen molar-refractivity contribution in [1.29, 1.82) is 0 Å². The molecule has 5 heteroatoms. The molecule has 2 aromatic carbocycles. The van der Waals surface area contributed by atoms with Crippen LogP contribution in [-0.4, -0.2) is 23.5 Å². The Morgan fingerprint density at radius 3 is 2.54 bits per heavy atom. The quantitative estimate of drug-likeness (QED) is 0.761. The van der Waals surface area contributed by atoms with Crippen LogP contribution in [0.15, 0.2) is 48.5 Å². The van der Waals surface area contributed by atoms with Crippen molar-refractivity contribution in [3.8, 4) is 5.75 Å². The molecule has 0 aromatic heterocycles. The fourth-order valence-corrected chi connectivity index (χ4v) is 2.32. The smallest absolute Gasteiger partial charge is 0.310 e. The summed E-state index contributed by atoms with van der Waals surface area (Å²) in [6.45, 7) is 5.75. The van der Waals surface area contributed by atoms with Gasteiger partial charge in [-0.2, -0.15) is 0 Å². The number of ether oxygens (including phenoxy) is 1. The molecular formula is C21H25NO4. The van der Waals surface area contributed by atoms with E-state index >= 15 is 0 Å². The summed E-state index contributed by atoms with van der Waals surface area (Å²) in [4.78, 5) is 23.2. The van der Waals surface area contributed by atoms with Gasteiger partial charge in [0.25, 0.3) is 0 Å². The van der Waals surface area contributed by atoms with Crippen molar-refractivity contribution in [1.82, 2.24) is 5.32 Å². The zero-order valence-electron chi connectivity index (χ0n) is 15.4. The Labute approximate surface area is 154 Å². The van der Waals surface area contributed by atoms with Crippen molar-refractivity contribution in [3.63, 3.8) is 0 Å². The fraction of sp³-hybridized carbons (Fsp3) is 0.333. The molecule has 0 bridgehead atoms. The monoisotopic (exact) mass is 355 g/mol. The minimum absolute atomic E-state index is 0.0879. The van der Waals surface area contributed by atoms with Crippen molar-refractivity contribution in [2.24, 2.45) is 5.41 Å². The van der Waals surface area contributed by atoms with Gasteiger partial charge in [-0.05, 0) is 49.6 Å². The van der Waals surface area contributed by atoms with Crippen LogP contribution in [-0.2, 0) is 22.6 Å². The molecule has 0 radical (unpaired) electrons. The van der Waals surface area contributed by atoms with E-state index in [9.17, 15) is 9.59 Å². The molecule has 0 unspecified atom stereocenters. The Morgan fingerprint density at radius 2 is 1.85 bits per heavy atom. The number of aryl methyl sites for hydroxylation is 1. The van der Waals surface area contributed by atoms with Gasteiger partial charge >= 0.3 is 5.97 Å². The summed E-state index contributed by atoms with van der Waals surface area (Å²) in [5, 5.41) is 11.8. The largest absolute Gasteiger partial charge is 0.489 e. The SMILES string of the molecule is Cc1ccccc1COc1cccc(CC(=O)NCC(C)(C)C(=O)O)c1. The minimum atomic E-state index is -0.992. The Hall–Kier alpha value is -2.82. The lowest BCUT2D eigenvalue weighted by Crippen LogP contribution is -2.39. The van der Waals surface area contributed by atoms with E-state index in [2.05, 4.69) is 5.32 Å². The van der Waals surface area contributed by atoms with E-state index in [-0.39, 0.29) is 18.9 Å². The van der Waals surface area contributed by atoms with Crippen LogP contribution in [0.3, 0.4) is 0 Å². The number of carboxylic acid groups (broad SMARTS) is 1. The van der Waals surface area contributed by atoms with Gasteiger partial charge in [0.2, 0.25) is 5.91 Å². The van der Waals surface area contributed by atoms with Gasteiger partial charge in [0.1, 0.15) is 12.4 Å². The van der Waals surface area contributed by atoms with Gasteiger partial charge in [0.15, 0.2) is 0 Å². The van der Waals surface area contributed by atoms with Gasteiger partial charge in [-0.25, -0.2) is 0 Å². The Balaban J connectivity index is 1.91. The first kappa shape index (κ1) is 19.5. The van der Waals surface area contributed by atoms with Gasteiger partial charge in [0, 0.05) is 6.54 Å². The van der Waals surface area contributed by atoms with Crippen molar-refractivity contribution in [2.45, 2.75) is 33.8 Å². The third-order valence-corrected chi connectivity index (χ3v) is 4.23. The van der Waals surface area contributed by atoms with E-state index in [1.54, 1.807) is 13.8 Å². The average Bonchev–Trinajstić information content (AvgIpc) is 2.59. The maximum absolute atomic E-state index is 12.1. The molecule has 26 heavy (non-hydrogen) atoms. The van der Waals surface area contributed by atoms with Gasteiger partial charge in [-0.3, -0.25) is 9.59 Å². The van der Waals surface area contributed by atoms with Crippen LogP contribution in [0.25, 0.3) is 0 Å². The van der Waals surface area contributed by atoms with E-state index in [1.807, 2.05) is 55.5 Å². The number of hydrogen-bond donors (Lipinski definition) is 2. The molecule has 0 atom stereocenters. The van der Waals surface area contributed by atoms with Crippen LogP contribution in [0.4, 0.5) is 0 Å². The molecule has 2 N–H and O–H groups in total. The summed E-state index contributed by atoms with van der Waals surface area (Å²) in [6, 6.07) is 15.4. The molecule has 2 rings (SSSR count). The maximum atomic E-state index is 12.1. The number of amides is 1. The van der Waals surface area contributed by atoms with Crippen molar-refractivity contribution >= 4 is 11.9 Å². The molecule has 2 aromatic rings. The van der Waals surface area contributed by atoms with Gasteiger partial charge in [-0.1, -0.05) is 36.4 Å². The predicted molar refractivity (Wildman–Crippen MR) is 100 cm³/mol. The highest BCUT2D eigenvalue weighted by atomic mass is 16.5. The maximum Gasteiger partial charge on any atom is 0.310 e. The molecule has 0 saturated heterocycles. The van der Waals surface area contributed by atoms with Crippen LogP contribution in [0.1, 0.15) is 30.5 Å². The molecule has 0 heterocycles. The van der Waals surface area contributed by atoms with Crippen molar-refractivity contribution < 1.29 is 19.4 Å². The minimum Gasteiger partial charge on any atom is -0.489 e.